The molecule has 1 amide bonds. The first kappa shape index (κ1) is 12.1. The molecular weight excluding hydrogens is 226 g/mol. The minimum Gasteiger partial charge on any atom is -0.366 e. The molecule has 0 bridgehead atoms. The summed E-state index contributed by atoms with van der Waals surface area (Å²) in [4.78, 5) is 17.4. The number of hydrogen-bond donors (Lipinski definition) is 1. The first-order valence-corrected chi connectivity index (χ1v) is 5.61. The van der Waals surface area contributed by atoms with Gasteiger partial charge in [-0.15, -0.1) is 0 Å². The third-order valence-electron chi connectivity index (χ3n) is 2.69. The van der Waals surface area contributed by atoms with E-state index in [1.165, 1.54) is 0 Å². The minimum atomic E-state index is -0.422. The molecule has 0 saturated heterocycles. The Kier molecular flexibility index (Phi) is 3.28. The van der Waals surface area contributed by atoms with Crippen molar-refractivity contribution < 1.29 is 4.79 Å². The van der Waals surface area contributed by atoms with Gasteiger partial charge in [-0.05, 0) is 29.8 Å². The topological polar surface area (TPSA) is 59.2 Å². The lowest BCUT2D eigenvalue weighted by atomic mass is 10.0. The van der Waals surface area contributed by atoms with Crippen molar-refractivity contribution >= 4 is 11.7 Å². The van der Waals surface area contributed by atoms with E-state index < -0.39 is 5.91 Å². The number of nitrogens with two attached hydrogens (primary N) is 1. The van der Waals surface area contributed by atoms with Crippen molar-refractivity contribution in [1.29, 1.82) is 0 Å². The predicted molar refractivity (Wildman–Crippen MR) is 72.5 cm³/mol. The van der Waals surface area contributed by atoms with E-state index in [4.69, 9.17) is 5.73 Å². The highest BCUT2D eigenvalue weighted by Crippen LogP contribution is 2.21. The number of nitrogens with zero attached hydrogens (tertiary/aromatic N) is 2. The van der Waals surface area contributed by atoms with Crippen molar-refractivity contribution in [3.8, 4) is 11.1 Å². The summed E-state index contributed by atoms with van der Waals surface area (Å²) in [5.74, 6) is 0.472. The van der Waals surface area contributed by atoms with Crippen LogP contribution in [0, 0.1) is 0 Å². The van der Waals surface area contributed by atoms with Gasteiger partial charge in [0.2, 0.25) is 5.91 Å². The Labute approximate surface area is 106 Å². The average molecular weight is 241 g/mol. The molecule has 1 heterocycles. The van der Waals surface area contributed by atoms with E-state index in [9.17, 15) is 4.79 Å². The fraction of sp³-hybridized carbons (Fsp3) is 0.143. The van der Waals surface area contributed by atoms with Crippen LogP contribution in [0.2, 0.25) is 0 Å². The van der Waals surface area contributed by atoms with Crippen molar-refractivity contribution in [3.05, 3.63) is 48.2 Å². The second-order valence-corrected chi connectivity index (χ2v) is 4.24. The minimum absolute atomic E-state index is 0.422. The molecule has 2 rings (SSSR count). The van der Waals surface area contributed by atoms with Crippen molar-refractivity contribution in [1.82, 2.24) is 4.98 Å². The van der Waals surface area contributed by atoms with E-state index in [2.05, 4.69) is 4.98 Å². The van der Waals surface area contributed by atoms with E-state index in [1.807, 2.05) is 43.3 Å². The van der Waals surface area contributed by atoms with Crippen LogP contribution in [0.1, 0.15) is 10.4 Å². The number of pyridine rings is 1. The van der Waals surface area contributed by atoms with E-state index in [0.717, 1.165) is 16.9 Å². The van der Waals surface area contributed by atoms with Gasteiger partial charge in [0.25, 0.3) is 0 Å². The number of rotatable bonds is 3. The van der Waals surface area contributed by atoms with Gasteiger partial charge in [0, 0.05) is 31.4 Å². The van der Waals surface area contributed by atoms with Gasteiger partial charge in [-0.1, -0.05) is 12.1 Å². The van der Waals surface area contributed by atoms with Crippen LogP contribution >= 0.6 is 0 Å². The predicted octanol–water partition coefficient (Wildman–Crippen LogP) is 1.91. The smallest absolute Gasteiger partial charge is 0.248 e. The second kappa shape index (κ2) is 4.87. The molecule has 0 radical (unpaired) electrons. The lowest BCUT2D eigenvalue weighted by Gasteiger charge is -2.11. The molecule has 0 spiro atoms. The Hall–Kier alpha value is -2.36. The van der Waals surface area contributed by atoms with Crippen LogP contribution in [0.25, 0.3) is 11.1 Å². The third kappa shape index (κ3) is 2.48. The van der Waals surface area contributed by atoms with Crippen LogP contribution in [0.15, 0.2) is 42.6 Å². The summed E-state index contributed by atoms with van der Waals surface area (Å²) in [7, 11) is 3.88. The maximum atomic E-state index is 11.1. The number of anilines is 1. The summed E-state index contributed by atoms with van der Waals surface area (Å²) in [6.07, 6.45) is 1.79. The summed E-state index contributed by atoms with van der Waals surface area (Å²) in [6, 6.07) is 11.1. The van der Waals surface area contributed by atoms with Crippen molar-refractivity contribution in [2.75, 3.05) is 19.0 Å². The van der Waals surface area contributed by atoms with Gasteiger partial charge in [-0.2, -0.15) is 0 Å². The molecule has 0 aliphatic rings. The normalized spacial score (nSPS) is 10.1. The van der Waals surface area contributed by atoms with Crippen LogP contribution < -0.4 is 10.6 Å². The zero-order chi connectivity index (χ0) is 13.1. The lowest BCUT2D eigenvalue weighted by Crippen LogP contribution is -2.11. The standard InChI is InChI=1S/C14H15N3O/c1-17(2)13-7-6-12(9-16-13)10-4-3-5-11(8-10)14(15)18/h3-9H,1-2H3,(H2,15,18). The van der Waals surface area contributed by atoms with E-state index in [0.29, 0.717) is 5.56 Å². The van der Waals surface area contributed by atoms with Gasteiger partial charge in [0.05, 0.1) is 0 Å². The number of carbonyl (C=O) groups is 1. The summed E-state index contributed by atoms with van der Waals surface area (Å²) < 4.78 is 0. The van der Waals surface area contributed by atoms with Crippen LogP contribution in [-0.4, -0.2) is 25.0 Å². The molecule has 0 saturated carbocycles. The Bertz CT molecular complexity index is 562. The molecule has 1 aromatic heterocycles. The number of carbonyl (C=O) groups excluding carboxylic acids is 1. The maximum absolute atomic E-state index is 11.1. The molecule has 0 fully saturated rings. The van der Waals surface area contributed by atoms with E-state index in [1.54, 1.807) is 18.3 Å². The summed E-state index contributed by atoms with van der Waals surface area (Å²) in [5, 5.41) is 0. The summed E-state index contributed by atoms with van der Waals surface area (Å²) >= 11 is 0. The molecule has 0 atom stereocenters. The maximum Gasteiger partial charge on any atom is 0.248 e. The lowest BCUT2D eigenvalue weighted by molar-refractivity contribution is 0.100. The molecule has 0 aliphatic carbocycles. The highest BCUT2D eigenvalue weighted by molar-refractivity contribution is 5.94. The molecule has 4 heteroatoms. The SMILES string of the molecule is CN(C)c1ccc(-c2cccc(C(N)=O)c2)cn1. The van der Waals surface area contributed by atoms with Gasteiger partial charge in [0.1, 0.15) is 5.82 Å². The van der Waals surface area contributed by atoms with Crippen molar-refractivity contribution in [3.63, 3.8) is 0 Å². The summed E-state index contributed by atoms with van der Waals surface area (Å²) in [5.41, 5.74) is 7.66. The monoisotopic (exact) mass is 241 g/mol. The number of aromatic nitrogens is 1. The highest BCUT2D eigenvalue weighted by atomic mass is 16.1. The van der Waals surface area contributed by atoms with Gasteiger partial charge < -0.3 is 10.6 Å². The zero-order valence-corrected chi connectivity index (χ0v) is 10.4. The van der Waals surface area contributed by atoms with E-state index in [-0.39, 0.29) is 0 Å². The van der Waals surface area contributed by atoms with Crippen molar-refractivity contribution in [2.45, 2.75) is 0 Å². The highest BCUT2D eigenvalue weighted by Gasteiger charge is 2.04. The van der Waals surface area contributed by atoms with Crippen LogP contribution in [0.3, 0.4) is 0 Å². The first-order valence-electron chi connectivity index (χ1n) is 5.61. The average Bonchev–Trinajstić information content (AvgIpc) is 2.39. The summed E-state index contributed by atoms with van der Waals surface area (Å²) in [6.45, 7) is 0. The van der Waals surface area contributed by atoms with Gasteiger partial charge in [-0.3, -0.25) is 4.79 Å². The van der Waals surface area contributed by atoms with Crippen LogP contribution in [-0.2, 0) is 0 Å². The molecule has 18 heavy (non-hydrogen) atoms. The van der Waals surface area contributed by atoms with E-state index >= 15 is 0 Å². The molecule has 4 nitrogen and oxygen atoms in total. The third-order valence-corrected chi connectivity index (χ3v) is 2.69. The van der Waals surface area contributed by atoms with Crippen LogP contribution in [0.5, 0.6) is 0 Å². The number of amides is 1. The second-order valence-electron chi connectivity index (χ2n) is 4.24. The number of benzene rings is 1. The quantitative estimate of drug-likeness (QED) is 0.893. The van der Waals surface area contributed by atoms with Crippen LogP contribution in [0.4, 0.5) is 5.82 Å². The Morgan fingerprint density at radius 2 is 1.94 bits per heavy atom. The molecule has 0 aliphatic heterocycles. The largest absolute Gasteiger partial charge is 0.366 e. The first-order chi connectivity index (χ1) is 8.58. The number of hydrogen-bond acceptors (Lipinski definition) is 3. The molecule has 2 aromatic rings. The zero-order valence-electron chi connectivity index (χ0n) is 10.4. The fourth-order valence-electron chi connectivity index (χ4n) is 1.67. The number of primary amides is 1. The Balaban J connectivity index is 2.36. The van der Waals surface area contributed by atoms with Gasteiger partial charge >= 0.3 is 0 Å². The molecule has 2 N–H and O–H groups in total. The Morgan fingerprint density at radius 3 is 2.50 bits per heavy atom. The Morgan fingerprint density at radius 1 is 1.17 bits per heavy atom. The molecule has 1 aromatic carbocycles. The fourth-order valence-corrected chi connectivity index (χ4v) is 1.67. The molecular formula is C14H15N3O. The molecule has 0 unspecified atom stereocenters. The van der Waals surface area contributed by atoms with Gasteiger partial charge in [0.15, 0.2) is 0 Å². The van der Waals surface area contributed by atoms with Gasteiger partial charge in [-0.25, -0.2) is 4.98 Å². The van der Waals surface area contributed by atoms with Crippen molar-refractivity contribution in [2.24, 2.45) is 5.73 Å². The molecule has 92 valence electrons.